The Balaban J connectivity index is 1.73. The Kier molecular flexibility index (Phi) is 6.14. The van der Waals surface area contributed by atoms with Crippen LogP contribution in [0, 0.1) is 10.1 Å². The number of halogens is 1. The van der Waals surface area contributed by atoms with E-state index in [1.54, 1.807) is 48.4 Å². The van der Waals surface area contributed by atoms with Gasteiger partial charge in [-0.15, -0.1) is 0 Å². The standard InChI is InChI=1S/C20H18ClN3O4S/c1-3-23-19(25)17(22(2)20(23)29)11-14-6-9-18(16(21)10-14)28-12-13-4-7-15(8-5-13)24(26)27/h4-11H,3,12H2,1-2H3. The van der Waals surface area contributed by atoms with E-state index in [1.807, 2.05) is 6.92 Å². The number of benzene rings is 2. The Morgan fingerprint density at radius 3 is 2.48 bits per heavy atom. The second-order valence-electron chi connectivity index (χ2n) is 6.32. The van der Waals surface area contributed by atoms with Gasteiger partial charge >= 0.3 is 0 Å². The number of thiocarbonyl (C=S) groups is 1. The number of non-ortho nitro benzene ring substituents is 1. The molecule has 1 amide bonds. The molecule has 29 heavy (non-hydrogen) atoms. The summed E-state index contributed by atoms with van der Waals surface area (Å²) >= 11 is 11.6. The predicted molar refractivity (Wildman–Crippen MR) is 115 cm³/mol. The van der Waals surface area contributed by atoms with Crippen molar-refractivity contribution < 1.29 is 14.5 Å². The number of carbonyl (C=O) groups is 1. The van der Waals surface area contributed by atoms with Crippen molar-refractivity contribution in [3.63, 3.8) is 0 Å². The number of amides is 1. The number of carbonyl (C=O) groups excluding carboxylic acids is 1. The minimum Gasteiger partial charge on any atom is -0.487 e. The molecule has 1 fully saturated rings. The van der Waals surface area contributed by atoms with E-state index >= 15 is 0 Å². The van der Waals surface area contributed by atoms with Crippen LogP contribution < -0.4 is 4.74 Å². The lowest BCUT2D eigenvalue weighted by atomic mass is 10.1. The van der Waals surface area contributed by atoms with Crippen LogP contribution in [0.2, 0.25) is 5.02 Å². The van der Waals surface area contributed by atoms with Crippen LogP contribution in [0.1, 0.15) is 18.1 Å². The lowest BCUT2D eigenvalue weighted by Crippen LogP contribution is -2.30. The van der Waals surface area contributed by atoms with E-state index in [2.05, 4.69) is 0 Å². The highest BCUT2D eigenvalue weighted by Crippen LogP contribution is 2.29. The van der Waals surface area contributed by atoms with Crippen molar-refractivity contribution in [1.82, 2.24) is 9.80 Å². The number of hydrogen-bond acceptors (Lipinski definition) is 5. The van der Waals surface area contributed by atoms with Gasteiger partial charge in [0.25, 0.3) is 11.6 Å². The molecule has 0 aromatic heterocycles. The van der Waals surface area contributed by atoms with Crippen LogP contribution in [-0.2, 0) is 11.4 Å². The quantitative estimate of drug-likeness (QED) is 0.294. The number of ether oxygens (including phenoxy) is 1. The lowest BCUT2D eigenvalue weighted by Gasteiger charge is -2.13. The van der Waals surface area contributed by atoms with E-state index in [0.717, 1.165) is 11.1 Å². The zero-order valence-corrected chi connectivity index (χ0v) is 17.4. The molecule has 2 aromatic rings. The SMILES string of the molecule is CCN1C(=O)C(=Cc2ccc(OCc3ccc([N+](=O)[O-])cc3)c(Cl)c2)N(C)C1=S. The third-order valence-electron chi connectivity index (χ3n) is 4.46. The molecule has 0 spiro atoms. The molecule has 0 aliphatic carbocycles. The monoisotopic (exact) mass is 431 g/mol. The van der Waals surface area contributed by atoms with Crippen LogP contribution >= 0.6 is 23.8 Å². The summed E-state index contributed by atoms with van der Waals surface area (Å²) in [6.45, 7) is 2.60. The highest BCUT2D eigenvalue weighted by Gasteiger charge is 2.34. The molecule has 0 bridgehead atoms. The van der Waals surface area contributed by atoms with Gasteiger partial charge in [-0.2, -0.15) is 0 Å². The number of likely N-dealkylation sites (N-methyl/N-ethyl adjacent to an activating group) is 2. The average molecular weight is 432 g/mol. The van der Waals surface area contributed by atoms with Crippen molar-refractivity contribution in [2.75, 3.05) is 13.6 Å². The summed E-state index contributed by atoms with van der Waals surface area (Å²) in [6, 6.07) is 11.3. The number of nitrogens with zero attached hydrogens (tertiary/aromatic N) is 3. The normalized spacial score (nSPS) is 15.3. The van der Waals surface area contributed by atoms with Crippen molar-refractivity contribution in [2.45, 2.75) is 13.5 Å². The van der Waals surface area contributed by atoms with E-state index in [1.165, 1.54) is 17.0 Å². The maximum atomic E-state index is 12.5. The van der Waals surface area contributed by atoms with Gasteiger partial charge in [-0.1, -0.05) is 17.7 Å². The third-order valence-corrected chi connectivity index (χ3v) is 5.25. The van der Waals surface area contributed by atoms with Crippen molar-refractivity contribution >= 4 is 46.6 Å². The van der Waals surface area contributed by atoms with Gasteiger partial charge in [0.2, 0.25) is 0 Å². The lowest BCUT2D eigenvalue weighted by molar-refractivity contribution is -0.384. The van der Waals surface area contributed by atoms with E-state index < -0.39 is 4.92 Å². The smallest absolute Gasteiger partial charge is 0.276 e. The molecular formula is C20H18ClN3O4S. The third kappa shape index (κ3) is 4.38. The average Bonchev–Trinajstić information content (AvgIpc) is 2.90. The van der Waals surface area contributed by atoms with E-state index in [-0.39, 0.29) is 18.2 Å². The van der Waals surface area contributed by atoms with E-state index in [0.29, 0.717) is 28.1 Å². The van der Waals surface area contributed by atoms with Crippen molar-refractivity contribution in [3.8, 4) is 5.75 Å². The minimum atomic E-state index is -0.451. The summed E-state index contributed by atoms with van der Waals surface area (Å²) in [6.07, 6.45) is 1.73. The minimum absolute atomic E-state index is 0.0247. The van der Waals surface area contributed by atoms with Crippen LogP contribution in [0.25, 0.3) is 6.08 Å². The predicted octanol–water partition coefficient (Wildman–Crippen LogP) is 4.25. The zero-order valence-electron chi connectivity index (χ0n) is 15.8. The topological polar surface area (TPSA) is 75.9 Å². The van der Waals surface area contributed by atoms with Crippen molar-refractivity contribution in [3.05, 3.63) is 74.4 Å². The molecule has 150 valence electrons. The second kappa shape index (κ2) is 8.59. The fraction of sp³-hybridized carbons (Fsp3) is 0.200. The molecule has 9 heteroatoms. The summed E-state index contributed by atoms with van der Waals surface area (Å²) in [5, 5.41) is 11.6. The summed E-state index contributed by atoms with van der Waals surface area (Å²) in [7, 11) is 1.75. The number of nitro benzene ring substituents is 1. The van der Waals surface area contributed by atoms with Crippen molar-refractivity contribution in [2.24, 2.45) is 0 Å². The summed E-state index contributed by atoms with van der Waals surface area (Å²) in [4.78, 5) is 25.9. The molecule has 3 rings (SSSR count). The maximum Gasteiger partial charge on any atom is 0.276 e. The van der Waals surface area contributed by atoms with Crippen molar-refractivity contribution in [1.29, 1.82) is 0 Å². The number of hydrogen-bond donors (Lipinski definition) is 0. The summed E-state index contributed by atoms with van der Waals surface area (Å²) in [5.74, 6) is 0.332. The van der Waals surface area contributed by atoms with Gasteiger partial charge in [0, 0.05) is 25.7 Å². The molecule has 1 heterocycles. The van der Waals surface area contributed by atoms with Crippen LogP contribution in [0.15, 0.2) is 48.2 Å². The summed E-state index contributed by atoms with van der Waals surface area (Å²) < 4.78 is 5.71. The molecule has 1 aliphatic rings. The fourth-order valence-electron chi connectivity index (χ4n) is 2.85. The van der Waals surface area contributed by atoms with E-state index in [4.69, 9.17) is 28.6 Å². The first-order chi connectivity index (χ1) is 13.8. The number of rotatable bonds is 6. The van der Waals surface area contributed by atoms with Gasteiger partial charge in [0.05, 0.1) is 9.95 Å². The van der Waals surface area contributed by atoms with Crippen LogP contribution in [0.5, 0.6) is 5.75 Å². The van der Waals surface area contributed by atoms with Crippen LogP contribution in [-0.4, -0.2) is 39.3 Å². The molecule has 0 atom stereocenters. The maximum absolute atomic E-state index is 12.5. The molecule has 1 aliphatic heterocycles. The molecule has 7 nitrogen and oxygen atoms in total. The molecule has 2 aromatic carbocycles. The highest BCUT2D eigenvalue weighted by atomic mass is 35.5. The Morgan fingerprint density at radius 1 is 1.24 bits per heavy atom. The molecule has 0 unspecified atom stereocenters. The Hall–Kier alpha value is -2.97. The molecule has 1 saturated heterocycles. The zero-order chi connectivity index (χ0) is 21.1. The van der Waals surface area contributed by atoms with Crippen LogP contribution in [0.3, 0.4) is 0 Å². The second-order valence-corrected chi connectivity index (χ2v) is 7.10. The molecular weight excluding hydrogens is 414 g/mol. The molecule has 0 saturated carbocycles. The van der Waals surface area contributed by atoms with Gasteiger partial charge in [-0.3, -0.25) is 19.8 Å². The van der Waals surface area contributed by atoms with Gasteiger partial charge in [0.15, 0.2) is 5.11 Å². The first-order valence-electron chi connectivity index (χ1n) is 8.78. The largest absolute Gasteiger partial charge is 0.487 e. The Morgan fingerprint density at radius 2 is 1.93 bits per heavy atom. The van der Waals surface area contributed by atoms with Gasteiger partial charge in [0.1, 0.15) is 18.1 Å². The van der Waals surface area contributed by atoms with Gasteiger partial charge in [-0.05, 0) is 60.6 Å². The van der Waals surface area contributed by atoms with Crippen LogP contribution in [0.4, 0.5) is 5.69 Å². The molecule has 0 radical (unpaired) electrons. The first-order valence-corrected chi connectivity index (χ1v) is 9.57. The van der Waals surface area contributed by atoms with Gasteiger partial charge < -0.3 is 9.64 Å². The molecule has 0 N–H and O–H groups in total. The van der Waals surface area contributed by atoms with E-state index in [9.17, 15) is 14.9 Å². The first kappa shape index (κ1) is 20.8. The Labute approximate surface area is 178 Å². The highest BCUT2D eigenvalue weighted by molar-refractivity contribution is 7.80. The number of nitro groups is 1. The fourth-order valence-corrected chi connectivity index (χ4v) is 3.40. The Bertz CT molecular complexity index is 1010. The summed E-state index contributed by atoms with van der Waals surface area (Å²) in [5.41, 5.74) is 2.03. The van der Waals surface area contributed by atoms with Gasteiger partial charge in [-0.25, -0.2) is 0 Å².